The lowest BCUT2D eigenvalue weighted by molar-refractivity contribution is -0.0508. The lowest BCUT2D eigenvalue weighted by Crippen LogP contribution is -2.29. The average molecular weight is 311 g/mol. The fourth-order valence-electron chi connectivity index (χ4n) is 1.08. The summed E-state index contributed by atoms with van der Waals surface area (Å²) in [5, 5.41) is 0. The summed E-state index contributed by atoms with van der Waals surface area (Å²) >= 11 is 3.26. The second-order valence-electron chi connectivity index (χ2n) is 4.16. The van der Waals surface area contributed by atoms with Crippen LogP contribution in [-0.2, 0) is 0 Å². The predicted molar refractivity (Wildman–Crippen MR) is 64.7 cm³/mol. The van der Waals surface area contributed by atoms with Crippen LogP contribution in [0.25, 0.3) is 0 Å². The normalized spacial score (nSPS) is 11.7. The number of para-hydroxylation sites is 1. The molecule has 90 valence electrons. The summed E-state index contributed by atoms with van der Waals surface area (Å²) in [5.74, 6) is 0.411. The average Bonchev–Trinajstić information content (AvgIpc) is 2.08. The van der Waals surface area contributed by atoms with Gasteiger partial charge in [0.2, 0.25) is 8.32 Å². The smallest absolute Gasteiger partial charge is 0.387 e. The number of alkyl halides is 2. The molecule has 0 saturated heterocycles. The lowest BCUT2D eigenvalue weighted by atomic mass is 10.3. The minimum absolute atomic E-state index is 0.0619. The van der Waals surface area contributed by atoms with E-state index in [0.717, 1.165) is 0 Å². The molecule has 0 saturated carbocycles. The van der Waals surface area contributed by atoms with E-state index in [9.17, 15) is 8.78 Å². The van der Waals surface area contributed by atoms with Crippen LogP contribution < -0.4 is 9.16 Å². The number of ether oxygens (including phenoxy) is 1. The molecular formula is C10H13BrF2O2Si. The third-order valence-corrected chi connectivity index (χ3v) is 3.00. The first kappa shape index (κ1) is 13.4. The van der Waals surface area contributed by atoms with Crippen LogP contribution in [0.5, 0.6) is 11.5 Å². The van der Waals surface area contributed by atoms with E-state index >= 15 is 0 Å². The van der Waals surface area contributed by atoms with Gasteiger partial charge in [-0.05, 0) is 47.7 Å². The molecule has 0 N–H and O–H groups in total. The molecule has 0 aliphatic heterocycles. The molecule has 0 heterocycles. The van der Waals surface area contributed by atoms with Crippen molar-refractivity contribution in [3.05, 3.63) is 22.7 Å². The van der Waals surface area contributed by atoms with Crippen molar-refractivity contribution in [1.29, 1.82) is 0 Å². The zero-order valence-electron chi connectivity index (χ0n) is 9.26. The summed E-state index contributed by atoms with van der Waals surface area (Å²) in [7, 11) is -1.87. The maximum Gasteiger partial charge on any atom is 0.387 e. The Kier molecular flexibility index (Phi) is 4.32. The van der Waals surface area contributed by atoms with Crippen LogP contribution in [-0.4, -0.2) is 14.9 Å². The van der Waals surface area contributed by atoms with E-state index in [2.05, 4.69) is 20.7 Å². The van der Waals surface area contributed by atoms with Crippen molar-refractivity contribution in [2.75, 3.05) is 0 Å². The molecule has 6 heteroatoms. The Morgan fingerprint density at radius 2 is 1.88 bits per heavy atom. The first-order valence-corrected chi connectivity index (χ1v) is 8.92. The second kappa shape index (κ2) is 5.14. The molecule has 0 bridgehead atoms. The number of hydrogen-bond donors (Lipinski definition) is 0. The van der Waals surface area contributed by atoms with Crippen molar-refractivity contribution in [2.24, 2.45) is 0 Å². The third kappa shape index (κ3) is 4.09. The van der Waals surface area contributed by atoms with Gasteiger partial charge >= 0.3 is 6.61 Å². The van der Waals surface area contributed by atoms with Crippen LogP contribution in [0, 0.1) is 0 Å². The molecule has 1 aromatic carbocycles. The molecule has 0 aromatic heterocycles. The van der Waals surface area contributed by atoms with Gasteiger partial charge in [0.05, 0.1) is 4.47 Å². The van der Waals surface area contributed by atoms with Crippen molar-refractivity contribution in [3.8, 4) is 11.5 Å². The molecule has 2 nitrogen and oxygen atoms in total. The highest BCUT2D eigenvalue weighted by molar-refractivity contribution is 9.10. The van der Waals surface area contributed by atoms with Crippen LogP contribution >= 0.6 is 15.9 Å². The van der Waals surface area contributed by atoms with Crippen LogP contribution in [0.3, 0.4) is 0 Å². The Morgan fingerprint density at radius 1 is 1.25 bits per heavy atom. The van der Waals surface area contributed by atoms with Gasteiger partial charge in [-0.1, -0.05) is 6.07 Å². The summed E-state index contributed by atoms with van der Waals surface area (Å²) in [5.41, 5.74) is 0. The molecule has 0 radical (unpaired) electrons. The Hall–Kier alpha value is -0.623. The summed E-state index contributed by atoms with van der Waals surface area (Å²) in [6, 6.07) is 4.82. The van der Waals surface area contributed by atoms with Crippen molar-refractivity contribution in [1.82, 2.24) is 0 Å². The summed E-state index contributed by atoms with van der Waals surface area (Å²) in [6.45, 7) is 3.06. The molecule has 0 aliphatic carbocycles. The maximum absolute atomic E-state index is 12.2. The van der Waals surface area contributed by atoms with Gasteiger partial charge in [-0.15, -0.1) is 0 Å². The van der Waals surface area contributed by atoms with E-state index in [-0.39, 0.29) is 5.75 Å². The standard InChI is InChI=1S/C10H13BrF2O2Si/c1-16(2,3)15-9-7(11)5-4-6-8(9)14-10(12)13/h4-6,10H,1-3H3. The number of rotatable bonds is 4. The van der Waals surface area contributed by atoms with Gasteiger partial charge in [-0.2, -0.15) is 8.78 Å². The summed E-state index contributed by atoms with van der Waals surface area (Å²) in [6.07, 6.45) is 0. The van der Waals surface area contributed by atoms with Crippen molar-refractivity contribution < 1.29 is 17.9 Å². The molecule has 0 aliphatic rings. The minimum atomic E-state index is -2.85. The van der Waals surface area contributed by atoms with E-state index in [0.29, 0.717) is 10.2 Å². The van der Waals surface area contributed by atoms with E-state index in [4.69, 9.17) is 4.43 Å². The van der Waals surface area contributed by atoms with E-state index in [1.165, 1.54) is 6.07 Å². The molecule has 0 atom stereocenters. The third-order valence-electron chi connectivity index (χ3n) is 1.56. The van der Waals surface area contributed by atoms with Gasteiger partial charge in [-0.25, -0.2) is 0 Å². The van der Waals surface area contributed by atoms with E-state index in [1.54, 1.807) is 12.1 Å². The maximum atomic E-state index is 12.2. The van der Waals surface area contributed by atoms with Crippen LogP contribution in [0.4, 0.5) is 8.78 Å². The number of benzene rings is 1. The zero-order valence-corrected chi connectivity index (χ0v) is 11.8. The molecule has 0 fully saturated rings. The van der Waals surface area contributed by atoms with Gasteiger partial charge < -0.3 is 9.16 Å². The lowest BCUT2D eigenvalue weighted by Gasteiger charge is -2.22. The van der Waals surface area contributed by atoms with E-state index < -0.39 is 14.9 Å². The molecule has 0 unspecified atom stereocenters. The molecule has 1 rings (SSSR count). The largest absolute Gasteiger partial charge is 0.541 e. The number of hydrogen-bond acceptors (Lipinski definition) is 2. The number of halogens is 3. The van der Waals surface area contributed by atoms with Gasteiger partial charge in [0.15, 0.2) is 11.5 Å². The predicted octanol–water partition coefficient (Wildman–Crippen LogP) is 4.26. The Labute approximate surface area is 103 Å². The summed E-state index contributed by atoms with van der Waals surface area (Å²) < 4.78 is 35.1. The fourth-order valence-corrected chi connectivity index (χ4v) is 2.48. The molecule has 0 spiro atoms. The quantitative estimate of drug-likeness (QED) is 0.773. The highest BCUT2D eigenvalue weighted by Gasteiger charge is 2.21. The van der Waals surface area contributed by atoms with Crippen LogP contribution in [0.1, 0.15) is 0 Å². The van der Waals surface area contributed by atoms with Gasteiger partial charge in [0.25, 0.3) is 0 Å². The first-order chi connectivity index (χ1) is 7.29. The van der Waals surface area contributed by atoms with Crippen LogP contribution in [0.15, 0.2) is 22.7 Å². The van der Waals surface area contributed by atoms with Crippen molar-refractivity contribution >= 4 is 24.2 Å². The Bertz CT molecular complexity index is 366. The first-order valence-electron chi connectivity index (χ1n) is 4.72. The monoisotopic (exact) mass is 310 g/mol. The minimum Gasteiger partial charge on any atom is -0.541 e. The zero-order chi connectivity index (χ0) is 12.3. The molecule has 1 aromatic rings. The summed E-state index contributed by atoms with van der Waals surface area (Å²) in [4.78, 5) is 0. The Morgan fingerprint density at radius 3 is 2.38 bits per heavy atom. The van der Waals surface area contributed by atoms with Crippen molar-refractivity contribution in [2.45, 2.75) is 26.3 Å². The van der Waals surface area contributed by atoms with Gasteiger partial charge in [0, 0.05) is 0 Å². The highest BCUT2D eigenvalue weighted by Crippen LogP contribution is 2.37. The molecule has 16 heavy (non-hydrogen) atoms. The highest BCUT2D eigenvalue weighted by atomic mass is 79.9. The molecule has 0 amide bonds. The van der Waals surface area contributed by atoms with Crippen LogP contribution in [0.2, 0.25) is 19.6 Å². The fraction of sp³-hybridized carbons (Fsp3) is 0.400. The van der Waals surface area contributed by atoms with Gasteiger partial charge in [-0.3, -0.25) is 0 Å². The molecular weight excluding hydrogens is 298 g/mol. The SMILES string of the molecule is C[Si](C)(C)Oc1c(Br)cccc1OC(F)F. The Balaban J connectivity index is 3.03. The van der Waals surface area contributed by atoms with E-state index in [1.807, 2.05) is 19.6 Å². The van der Waals surface area contributed by atoms with Gasteiger partial charge in [0.1, 0.15) is 0 Å². The second-order valence-corrected chi connectivity index (χ2v) is 9.44. The van der Waals surface area contributed by atoms with Crippen molar-refractivity contribution in [3.63, 3.8) is 0 Å². The topological polar surface area (TPSA) is 18.5 Å².